The Labute approximate surface area is 166 Å². The fraction of sp³-hybridized carbons (Fsp3) is 0.222. The number of aliphatic hydroxyl groups is 1. The lowest BCUT2D eigenvalue weighted by molar-refractivity contribution is -0.113. The lowest BCUT2D eigenvalue weighted by Gasteiger charge is -2.36. The molecule has 2 atom stereocenters. The summed E-state index contributed by atoms with van der Waals surface area (Å²) in [6.45, 7) is 1.83. The highest BCUT2D eigenvalue weighted by atomic mass is 35.5. The molecule has 2 unspecified atom stereocenters. The molecule has 136 valence electrons. The van der Waals surface area contributed by atoms with E-state index in [1.807, 2.05) is 6.92 Å². The molecule has 0 amide bonds. The highest BCUT2D eigenvalue weighted by Gasteiger charge is 2.42. The maximum Gasteiger partial charge on any atom is 0.225 e. The topological polar surface area (TPSA) is 60.2 Å². The van der Waals surface area contributed by atoms with Crippen molar-refractivity contribution in [2.75, 3.05) is 0 Å². The third kappa shape index (κ3) is 3.81. The number of aromatic nitrogens is 3. The Balaban J connectivity index is 2.07. The van der Waals surface area contributed by atoms with Gasteiger partial charge >= 0.3 is 0 Å². The van der Waals surface area contributed by atoms with Crippen LogP contribution in [0.2, 0.25) is 15.1 Å². The molecule has 0 aliphatic rings. The van der Waals surface area contributed by atoms with Crippen molar-refractivity contribution in [1.29, 1.82) is 0 Å². The zero-order chi connectivity index (χ0) is 18.7. The van der Waals surface area contributed by atoms with E-state index in [0.717, 1.165) is 0 Å². The van der Waals surface area contributed by atoms with Crippen LogP contribution in [0.3, 0.4) is 0 Å². The number of hydrogen-bond donors (Lipinski definition) is 1. The SMILES string of the molecule is CCC(O)(c1ccc(Cl)cc1Cl)C(Oc1ccc(Cl)cc1)n1cncn1. The fourth-order valence-corrected chi connectivity index (χ4v) is 3.39. The summed E-state index contributed by atoms with van der Waals surface area (Å²) in [5.41, 5.74) is -0.991. The number of rotatable bonds is 6. The molecule has 0 fully saturated rings. The van der Waals surface area contributed by atoms with E-state index in [4.69, 9.17) is 39.5 Å². The smallest absolute Gasteiger partial charge is 0.225 e. The average molecular weight is 413 g/mol. The van der Waals surface area contributed by atoms with Crippen molar-refractivity contribution >= 4 is 34.8 Å². The Morgan fingerprint density at radius 2 is 1.81 bits per heavy atom. The van der Waals surface area contributed by atoms with Crippen molar-refractivity contribution in [2.24, 2.45) is 0 Å². The fourth-order valence-electron chi connectivity index (χ4n) is 2.69. The molecule has 26 heavy (non-hydrogen) atoms. The van der Waals surface area contributed by atoms with Gasteiger partial charge in [0.15, 0.2) is 0 Å². The lowest BCUT2D eigenvalue weighted by Crippen LogP contribution is -2.40. The van der Waals surface area contributed by atoms with Crippen LogP contribution >= 0.6 is 34.8 Å². The number of ether oxygens (including phenoxy) is 1. The summed E-state index contributed by atoms with van der Waals surface area (Å²) in [6, 6.07) is 11.8. The van der Waals surface area contributed by atoms with Gasteiger partial charge in [-0.3, -0.25) is 0 Å². The first-order valence-electron chi connectivity index (χ1n) is 7.88. The van der Waals surface area contributed by atoms with Crippen molar-refractivity contribution in [3.63, 3.8) is 0 Å². The second kappa shape index (κ2) is 7.84. The van der Waals surface area contributed by atoms with Gasteiger partial charge in [0.05, 0.1) is 0 Å². The molecule has 1 N–H and O–H groups in total. The molecule has 0 aliphatic heterocycles. The van der Waals surface area contributed by atoms with Gasteiger partial charge in [-0.25, -0.2) is 9.67 Å². The van der Waals surface area contributed by atoms with Gasteiger partial charge in [-0.05, 0) is 42.8 Å². The summed E-state index contributed by atoms with van der Waals surface area (Å²) in [5.74, 6) is 0.520. The summed E-state index contributed by atoms with van der Waals surface area (Å²) in [6.07, 6.45) is 2.25. The third-order valence-corrected chi connectivity index (χ3v) is 4.88. The molecule has 0 saturated heterocycles. The van der Waals surface area contributed by atoms with Crippen LogP contribution in [-0.2, 0) is 5.60 Å². The summed E-state index contributed by atoms with van der Waals surface area (Å²) < 4.78 is 7.52. The number of hydrogen-bond acceptors (Lipinski definition) is 4. The van der Waals surface area contributed by atoms with E-state index in [9.17, 15) is 5.11 Å². The van der Waals surface area contributed by atoms with Crippen molar-refractivity contribution < 1.29 is 9.84 Å². The minimum atomic E-state index is -1.48. The monoisotopic (exact) mass is 411 g/mol. The molecular formula is C18H16Cl3N3O2. The molecule has 0 radical (unpaired) electrons. The first-order chi connectivity index (χ1) is 12.4. The predicted octanol–water partition coefficient (Wildman–Crippen LogP) is 5.11. The summed E-state index contributed by atoms with van der Waals surface area (Å²) in [4.78, 5) is 3.96. The van der Waals surface area contributed by atoms with Crippen LogP contribution in [0.1, 0.15) is 25.1 Å². The molecule has 2 aromatic carbocycles. The van der Waals surface area contributed by atoms with Crippen molar-refractivity contribution in [1.82, 2.24) is 14.8 Å². The van der Waals surface area contributed by atoms with E-state index in [-0.39, 0.29) is 0 Å². The molecular weight excluding hydrogens is 397 g/mol. The van der Waals surface area contributed by atoms with Crippen LogP contribution in [0.4, 0.5) is 0 Å². The minimum Gasteiger partial charge on any atom is -0.465 e. The predicted molar refractivity (Wildman–Crippen MR) is 102 cm³/mol. The van der Waals surface area contributed by atoms with Crippen molar-refractivity contribution in [3.05, 3.63) is 75.8 Å². The van der Waals surface area contributed by atoms with E-state index in [0.29, 0.717) is 32.8 Å². The number of benzene rings is 2. The van der Waals surface area contributed by atoms with Crippen LogP contribution in [0.25, 0.3) is 0 Å². The van der Waals surface area contributed by atoms with Crippen LogP contribution in [0.5, 0.6) is 5.75 Å². The second-order valence-corrected chi connectivity index (χ2v) is 6.98. The molecule has 0 saturated carbocycles. The molecule has 3 rings (SSSR count). The highest BCUT2D eigenvalue weighted by Crippen LogP contribution is 2.41. The van der Waals surface area contributed by atoms with Gasteiger partial charge in [-0.1, -0.05) is 47.8 Å². The zero-order valence-electron chi connectivity index (χ0n) is 13.8. The lowest BCUT2D eigenvalue weighted by atomic mass is 9.89. The molecule has 1 aromatic heterocycles. The van der Waals surface area contributed by atoms with Gasteiger partial charge in [-0.2, -0.15) is 5.10 Å². The first kappa shape index (κ1) is 19.0. The van der Waals surface area contributed by atoms with E-state index >= 15 is 0 Å². The van der Waals surface area contributed by atoms with Crippen LogP contribution in [0.15, 0.2) is 55.1 Å². The Morgan fingerprint density at radius 3 is 2.38 bits per heavy atom. The summed E-state index contributed by atoms with van der Waals surface area (Å²) in [7, 11) is 0. The molecule has 0 spiro atoms. The molecule has 0 aliphatic carbocycles. The molecule has 1 heterocycles. The van der Waals surface area contributed by atoms with E-state index < -0.39 is 11.8 Å². The van der Waals surface area contributed by atoms with Crippen LogP contribution in [-0.4, -0.2) is 19.9 Å². The summed E-state index contributed by atoms with van der Waals surface area (Å²) >= 11 is 18.3. The van der Waals surface area contributed by atoms with E-state index in [1.165, 1.54) is 17.3 Å². The maximum atomic E-state index is 11.5. The molecule has 3 aromatic rings. The van der Waals surface area contributed by atoms with Gasteiger partial charge in [0.25, 0.3) is 0 Å². The standard InChI is InChI=1S/C18H16Cl3N3O2/c1-2-18(25,15-8-5-13(20)9-16(15)21)17(24-11-22-10-23-24)26-14-6-3-12(19)4-7-14/h3-11,17,25H,2H2,1H3. The number of halogens is 3. The largest absolute Gasteiger partial charge is 0.465 e. The average Bonchev–Trinajstić information content (AvgIpc) is 3.15. The van der Waals surface area contributed by atoms with Crippen LogP contribution in [0, 0.1) is 0 Å². The first-order valence-corrected chi connectivity index (χ1v) is 9.01. The third-order valence-electron chi connectivity index (χ3n) is 4.08. The van der Waals surface area contributed by atoms with Crippen molar-refractivity contribution in [3.8, 4) is 5.75 Å². The molecule has 0 bridgehead atoms. The van der Waals surface area contributed by atoms with Crippen LogP contribution < -0.4 is 4.74 Å². The second-order valence-electron chi connectivity index (χ2n) is 5.70. The Bertz CT molecular complexity index is 872. The molecule has 5 nitrogen and oxygen atoms in total. The van der Waals surface area contributed by atoms with E-state index in [1.54, 1.807) is 42.5 Å². The van der Waals surface area contributed by atoms with Gasteiger partial charge in [0.2, 0.25) is 6.23 Å². The van der Waals surface area contributed by atoms with Crippen molar-refractivity contribution in [2.45, 2.75) is 25.2 Å². The zero-order valence-corrected chi connectivity index (χ0v) is 16.1. The quantitative estimate of drug-likeness (QED) is 0.611. The Kier molecular flexibility index (Phi) is 5.73. The maximum absolute atomic E-state index is 11.5. The van der Waals surface area contributed by atoms with Gasteiger partial charge in [0.1, 0.15) is 24.0 Å². The Morgan fingerprint density at radius 1 is 1.12 bits per heavy atom. The van der Waals surface area contributed by atoms with Gasteiger partial charge in [0, 0.05) is 20.6 Å². The number of nitrogens with zero attached hydrogens (tertiary/aromatic N) is 3. The van der Waals surface area contributed by atoms with E-state index in [2.05, 4.69) is 10.1 Å². The highest BCUT2D eigenvalue weighted by molar-refractivity contribution is 6.35. The molecule has 8 heteroatoms. The summed E-state index contributed by atoms with van der Waals surface area (Å²) in [5, 5.41) is 17.1. The van der Waals surface area contributed by atoms with Gasteiger partial charge in [-0.15, -0.1) is 0 Å². The minimum absolute atomic E-state index is 0.312. The normalized spacial score (nSPS) is 14.7. The van der Waals surface area contributed by atoms with Gasteiger partial charge < -0.3 is 9.84 Å². The Hall–Kier alpha value is -1.79.